The predicted octanol–water partition coefficient (Wildman–Crippen LogP) is 2.03. The van der Waals surface area contributed by atoms with Gasteiger partial charge in [0.25, 0.3) is 0 Å². The first-order valence-electron chi connectivity index (χ1n) is 5.76. The second-order valence-corrected chi connectivity index (χ2v) is 4.55. The molecule has 0 aliphatic heterocycles. The highest BCUT2D eigenvalue weighted by atomic mass is 32.1. The molecule has 1 aromatic heterocycles. The molecule has 1 rings (SSSR count). The SMILES string of the molecule is C=CCNC(CC(=O)OCC)C(=O)c1cccs1. The topological polar surface area (TPSA) is 55.4 Å². The summed E-state index contributed by atoms with van der Waals surface area (Å²) in [6, 6.07) is 3.01. The molecule has 1 heterocycles. The van der Waals surface area contributed by atoms with Crippen LogP contribution in [0.1, 0.15) is 23.0 Å². The van der Waals surface area contributed by atoms with Crippen LogP contribution in [0.4, 0.5) is 0 Å². The van der Waals surface area contributed by atoms with Crippen LogP contribution in [0.25, 0.3) is 0 Å². The number of carbonyl (C=O) groups is 2. The van der Waals surface area contributed by atoms with E-state index in [1.807, 2.05) is 11.4 Å². The van der Waals surface area contributed by atoms with Crippen LogP contribution >= 0.6 is 11.3 Å². The van der Waals surface area contributed by atoms with E-state index in [0.29, 0.717) is 18.0 Å². The Morgan fingerprint density at radius 2 is 2.39 bits per heavy atom. The van der Waals surface area contributed by atoms with Gasteiger partial charge >= 0.3 is 5.97 Å². The molecular formula is C13H17NO3S. The highest BCUT2D eigenvalue weighted by molar-refractivity contribution is 7.12. The normalized spacial score (nSPS) is 11.8. The average Bonchev–Trinajstić information content (AvgIpc) is 2.87. The molecule has 0 spiro atoms. The molecule has 0 amide bonds. The molecule has 0 fully saturated rings. The molecule has 0 saturated carbocycles. The summed E-state index contributed by atoms with van der Waals surface area (Å²) in [6.07, 6.45) is 1.69. The van der Waals surface area contributed by atoms with Gasteiger partial charge in [-0.2, -0.15) is 0 Å². The highest BCUT2D eigenvalue weighted by Crippen LogP contribution is 2.13. The Balaban J connectivity index is 2.68. The standard InChI is InChI=1S/C13H17NO3S/c1-3-7-14-10(9-12(15)17-4-2)13(16)11-6-5-8-18-11/h3,5-6,8,10,14H,1,4,7,9H2,2H3. The van der Waals surface area contributed by atoms with Crippen molar-refractivity contribution in [2.75, 3.05) is 13.2 Å². The molecule has 1 atom stereocenters. The number of ketones is 1. The minimum atomic E-state index is -0.555. The summed E-state index contributed by atoms with van der Waals surface area (Å²) in [7, 11) is 0. The van der Waals surface area contributed by atoms with Gasteiger partial charge in [-0.05, 0) is 18.4 Å². The van der Waals surface area contributed by atoms with Crippen LogP contribution < -0.4 is 5.32 Å². The quantitative estimate of drug-likeness (QED) is 0.445. The van der Waals surface area contributed by atoms with Crippen LogP contribution in [0.5, 0.6) is 0 Å². The number of esters is 1. The average molecular weight is 267 g/mol. The van der Waals surface area contributed by atoms with Crippen molar-refractivity contribution in [3.63, 3.8) is 0 Å². The van der Waals surface area contributed by atoms with Gasteiger partial charge in [0, 0.05) is 6.54 Å². The lowest BCUT2D eigenvalue weighted by molar-refractivity contribution is -0.143. The molecule has 0 aliphatic carbocycles. The van der Waals surface area contributed by atoms with Crippen molar-refractivity contribution in [1.82, 2.24) is 5.32 Å². The molecular weight excluding hydrogens is 250 g/mol. The third-order valence-corrected chi connectivity index (χ3v) is 3.15. The summed E-state index contributed by atoms with van der Waals surface area (Å²) in [5, 5.41) is 4.82. The fourth-order valence-corrected chi connectivity index (χ4v) is 2.18. The van der Waals surface area contributed by atoms with Crippen molar-refractivity contribution >= 4 is 23.1 Å². The summed E-state index contributed by atoms with van der Waals surface area (Å²) in [4.78, 5) is 24.3. The number of carbonyl (C=O) groups excluding carboxylic acids is 2. The third-order valence-electron chi connectivity index (χ3n) is 2.27. The summed E-state index contributed by atoms with van der Waals surface area (Å²) < 4.78 is 4.87. The number of rotatable bonds is 8. The van der Waals surface area contributed by atoms with Gasteiger partial charge in [-0.3, -0.25) is 9.59 Å². The van der Waals surface area contributed by atoms with Gasteiger partial charge in [0.15, 0.2) is 5.78 Å². The first kappa shape index (κ1) is 14.6. The summed E-state index contributed by atoms with van der Waals surface area (Å²) in [5.74, 6) is -0.455. The maximum absolute atomic E-state index is 12.2. The monoisotopic (exact) mass is 267 g/mol. The van der Waals surface area contributed by atoms with Crippen LogP contribution in [-0.4, -0.2) is 30.9 Å². The molecule has 1 unspecified atom stereocenters. The molecule has 0 radical (unpaired) electrons. The van der Waals surface area contributed by atoms with Crippen LogP contribution in [0.15, 0.2) is 30.2 Å². The van der Waals surface area contributed by atoms with Gasteiger partial charge < -0.3 is 10.1 Å². The Bertz CT molecular complexity index is 400. The number of Topliss-reactive ketones (excluding diaryl/α,β-unsaturated/α-hetero) is 1. The lowest BCUT2D eigenvalue weighted by Gasteiger charge is -2.15. The van der Waals surface area contributed by atoms with E-state index in [9.17, 15) is 9.59 Å². The number of hydrogen-bond acceptors (Lipinski definition) is 5. The molecule has 4 nitrogen and oxygen atoms in total. The van der Waals surface area contributed by atoms with Gasteiger partial charge in [-0.1, -0.05) is 12.1 Å². The van der Waals surface area contributed by atoms with Gasteiger partial charge in [0.05, 0.1) is 23.9 Å². The van der Waals surface area contributed by atoms with Crippen LogP contribution in [0, 0.1) is 0 Å². The van der Waals surface area contributed by atoms with Crippen molar-refractivity contribution in [2.45, 2.75) is 19.4 Å². The Morgan fingerprint density at radius 1 is 1.61 bits per heavy atom. The summed E-state index contributed by atoms with van der Waals surface area (Å²) in [6.45, 7) is 6.12. The molecule has 0 bridgehead atoms. The largest absolute Gasteiger partial charge is 0.466 e. The van der Waals surface area contributed by atoms with E-state index in [-0.39, 0.29) is 18.2 Å². The lowest BCUT2D eigenvalue weighted by Crippen LogP contribution is -2.38. The van der Waals surface area contributed by atoms with Crippen molar-refractivity contribution in [3.05, 3.63) is 35.0 Å². The van der Waals surface area contributed by atoms with E-state index in [0.717, 1.165) is 0 Å². The zero-order valence-electron chi connectivity index (χ0n) is 10.3. The first-order chi connectivity index (χ1) is 8.69. The van der Waals surface area contributed by atoms with E-state index in [4.69, 9.17) is 4.74 Å². The fraction of sp³-hybridized carbons (Fsp3) is 0.385. The van der Waals surface area contributed by atoms with Crippen LogP contribution in [0.3, 0.4) is 0 Å². The number of nitrogens with one attached hydrogen (secondary N) is 1. The Hall–Kier alpha value is -1.46. The molecule has 5 heteroatoms. The Labute approximate surface area is 111 Å². The van der Waals surface area contributed by atoms with Crippen molar-refractivity contribution < 1.29 is 14.3 Å². The van der Waals surface area contributed by atoms with Gasteiger partial charge in [0.2, 0.25) is 0 Å². The van der Waals surface area contributed by atoms with Crippen LogP contribution in [-0.2, 0) is 9.53 Å². The minimum Gasteiger partial charge on any atom is -0.466 e. The van der Waals surface area contributed by atoms with E-state index in [1.165, 1.54) is 11.3 Å². The Morgan fingerprint density at radius 3 is 2.94 bits per heavy atom. The smallest absolute Gasteiger partial charge is 0.307 e. The summed E-state index contributed by atoms with van der Waals surface area (Å²) in [5.41, 5.74) is 0. The molecule has 0 aliphatic rings. The number of thiophene rings is 1. The minimum absolute atomic E-state index is 0.0401. The van der Waals surface area contributed by atoms with Crippen molar-refractivity contribution in [2.24, 2.45) is 0 Å². The summed E-state index contributed by atoms with van der Waals surface area (Å²) >= 11 is 1.37. The molecule has 98 valence electrons. The fourth-order valence-electron chi connectivity index (χ4n) is 1.46. The lowest BCUT2D eigenvalue weighted by atomic mass is 10.1. The van der Waals surface area contributed by atoms with E-state index >= 15 is 0 Å². The van der Waals surface area contributed by atoms with Crippen molar-refractivity contribution in [3.8, 4) is 0 Å². The third kappa shape index (κ3) is 4.43. The Kier molecular flexibility index (Phi) is 6.32. The van der Waals surface area contributed by atoms with Gasteiger partial charge in [0.1, 0.15) is 0 Å². The highest BCUT2D eigenvalue weighted by Gasteiger charge is 2.23. The van der Waals surface area contributed by atoms with Gasteiger partial charge in [-0.25, -0.2) is 0 Å². The maximum atomic E-state index is 12.2. The van der Waals surface area contributed by atoms with E-state index in [2.05, 4.69) is 11.9 Å². The second-order valence-electron chi connectivity index (χ2n) is 3.60. The molecule has 0 aromatic carbocycles. The second kappa shape index (κ2) is 7.79. The zero-order chi connectivity index (χ0) is 13.4. The molecule has 18 heavy (non-hydrogen) atoms. The molecule has 1 N–H and O–H groups in total. The van der Waals surface area contributed by atoms with Gasteiger partial charge in [-0.15, -0.1) is 17.9 Å². The zero-order valence-corrected chi connectivity index (χ0v) is 11.2. The molecule has 0 saturated heterocycles. The van der Waals surface area contributed by atoms with Crippen LogP contribution in [0.2, 0.25) is 0 Å². The predicted molar refractivity (Wildman–Crippen MR) is 71.9 cm³/mol. The number of ether oxygens (including phenoxy) is 1. The maximum Gasteiger partial charge on any atom is 0.307 e. The van der Waals surface area contributed by atoms with E-state index in [1.54, 1.807) is 19.1 Å². The molecule has 1 aromatic rings. The first-order valence-corrected chi connectivity index (χ1v) is 6.64. The van der Waals surface area contributed by atoms with Crippen molar-refractivity contribution in [1.29, 1.82) is 0 Å². The number of hydrogen-bond donors (Lipinski definition) is 1. The van der Waals surface area contributed by atoms with E-state index < -0.39 is 6.04 Å².